The maximum Gasteiger partial charge on any atom is 0.252 e. The smallest absolute Gasteiger partial charge is 0.252 e. The van der Waals surface area contributed by atoms with Gasteiger partial charge in [-0.3, -0.25) is 4.79 Å². The van der Waals surface area contributed by atoms with Gasteiger partial charge in [0.15, 0.2) is 0 Å². The number of ether oxygens (including phenoxy) is 2. The number of rotatable bonds is 5. The number of nitrogens with one attached hydrogen (secondary N) is 1. The molecule has 1 unspecified atom stereocenters. The molecule has 116 valence electrons. The first-order chi connectivity index (χ1) is 10.6. The van der Waals surface area contributed by atoms with E-state index in [1.54, 1.807) is 20.3 Å². The molecular weight excluding hydrogens is 346 g/mol. The van der Waals surface area contributed by atoms with Crippen molar-refractivity contribution in [2.24, 2.45) is 0 Å². The molecule has 2 aromatic rings. The summed E-state index contributed by atoms with van der Waals surface area (Å²) in [4.78, 5) is 12.4. The minimum atomic E-state index is -0.218. The topological polar surface area (TPSA) is 47.6 Å². The Kier molecular flexibility index (Phi) is 5.44. The molecule has 0 aromatic heterocycles. The molecule has 1 N–H and O–H groups in total. The van der Waals surface area contributed by atoms with Gasteiger partial charge in [0, 0.05) is 10.0 Å². The molecule has 0 spiro atoms. The molecule has 5 heteroatoms. The maximum atomic E-state index is 12.4. The highest BCUT2D eigenvalue weighted by Gasteiger charge is 2.17. The minimum absolute atomic E-state index is 0.148. The fourth-order valence-corrected chi connectivity index (χ4v) is 2.64. The predicted octanol–water partition coefficient (Wildman–Crippen LogP) is 3.96. The molecule has 0 radical (unpaired) electrons. The van der Waals surface area contributed by atoms with Crippen molar-refractivity contribution in [2.75, 3.05) is 14.2 Å². The Morgan fingerprint density at radius 1 is 1.14 bits per heavy atom. The van der Waals surface area contributed by atoms with Crippen LogP contribution in [0.3, 0.4) is 0 Å². The van der Waals surface area contributed by atoms with E-state index in [4.69, 9.17) is 9.47 Å². The molecule has 1 amide bonds. The Bertz CT molecular complexity index is 673. The lowest BCUT2D eigenvalue weighted by molar-refractivity contribution is 0.0938. The molecule has 0 fully saturated rings. The van der Waals surface area contributed by atoms with Crippen molar-refractivity contribution in [3.8, 4) is 11.5 Å². The second-order valence-electron chi connectivity index (χ2n) is 4.78. The van der Waals surface area contributed by atoms with Crippen LogP contribution in [0.15, 0.2) is 46.9 Å². The molecule has 2 aromatic carbocycles. The Labute approximate surface area is 138 Å². The Hall–Kier alpha value is -2.01. The van der Waals surface area contributed by atoms with E-state index >= 15 is 0 Å². The fourth-order valence-electron chi connectivity index (χ4n) is 2.18. The summed E-state index contributed by atoms with van der Waals surface area (Å²) >= 11 is 3.39. The quantitative estimate of drug-likeness (QED) is 0.874. The summed E-state index contributed by atoms with van der Waals surface area (Å²) in [6, 6.07) is 12.6. The van der Waals surface area contributed by atoms with Crippen molar-refractivity contribution in [3.63, 3.8) is 0 Å². The second kappa shape index (κ2) is 7.31. The summed E-state index contributed by atoms with van der Waals surface area (Å²) in [5, 5.41) is 2.97. The molecule has 1 atom stereocenters. The average Bonchev–Trinajstić information content (AvgIpc) is 2.54. The zero-order valence-electron chi connectivity index (χ0n) is 12.7. The molecule has 0 saturated carbocycles. The number of carbonyl (C=O) groups excluding carboxylic acids is 1. The summed E-state index contributed by atoms with van der Waals surface area (Å²) in [7, 11) is 3.21. The highest BCUT2D eigenvalue weighted by atomic mass is 79.9. The van der Waals surface area contributed by atoms with Crippen molar-refractivity contribution >= 4 is 21.8 Å². The molecule has 0 aliphatic carbocycles. The number of carbonyl (C=O) groups is 1. The molecule has 22 heavy (non-hydrogen) atoms. The van der Waals surface area contributed by atoms with E-state index < -0.39 is 0 Å². The summed E-state index contributed by atoms with van der Waals surface area (Å²) in [5.74, 6) is 1.28. The highest BCUT2D eigenvalue weighted by molar-refractivity contribution is 9.10. The van der Waals surface area contributed by atoms with E-state index in [0.717, 1.165) is 15.8 Å². The van der Waals surface area contributed by atoms with Gasteiger partial charge in [0.05, 0.1) is 25.8 Å². The number of halogens is 1. The zero-order valence-corrected chi connectivity index (χ0v) is 14.3. The summed E-state index contributed by atoms with van der Waals surface area (Å²) < 4.78 is 11.4. The van der Waals surface area contributed by atoms with Crippen LogP contribution in [0.25, 0.3) is 0 Å². The van der Waals surface area contributed by atoms with Gasteiger partial charge in [-0.25, -0.2) is 0 Å². The summed E-state index contributed by atoms with van der Waals surface area (Å²) in [6.45, 7) is 1.91. The van der Waals surface area contributed by atoms with E-state index in [9.17, 15) is 4.79 Å². The second-order valence-corrected chi connectivity index (χ2v) is 5.64. The zero-order chi connectivity index (χ0) is 16.1. The lowest BCUT2D eigenvalue weighted by Crippen LogP contribution is -2.27. The first kappa shape index (κ1) is 16.4. The molecule has 0 aliphatic heterocycles. The SMILES string of the molecule is COc1ccc(OC)c(C(C)NC(=O)c2ccccc2Br)c1. The van der Waals surface area contributed by atoms with Crippen LogP contribution in [-0.2, 0) is 0 Å². The van der Waals surface area contributed by atoms with Crippen LogP contribution < -0.4 is 14.8 Å². The Morgan fingerprint density at radius 2 is 1.86 bits per heavy atom. The highest BCUT2D eigenvalue weighted by Crippen LogP contribution is 2.29. The third-order valence-corrected chi connectivity index (χ3v) is 4.06. The summed E-state index contributed by atoms with van der Waals surface area (Å²) in [5.41, 5.74) is 1.46. The largest absolute Gasteiger partial charge is 0.497 e. The van der Waals surface area contributed by atoms with E-state index in [2.05, 4.69) is 21.2 Å². The number of hydrogen-bond donors (Lipinski definition) is 1. The van der Waals surface area contributed by atoms with Crippen LogP contribution in [0, 0.1) is 0 Å². The molecule has 0 saturated heterocycles. The van der Waals surface area contributed by atoms with Crippen LogP contribution >= 0.6 is 15.9 Å². The molecule has 0 aliphatic rings. The minimum Gasteiger partial charge on any atom is -0.497 e. The average molecular weight is 364 g/mol. The van der Waals surface area contributed by atoms with Gasteiger partial charge < -0.3 is 14.8 Å². The fraction of sp³-hybridized carbons (Fsp3) is 0.235. The molecule has 0 heterocycles. The van der Waals surface area contributed by atoms with Gasteiger partial charge in [-0.15, -0.1) is 0 Å². The third kappa shape index (κ3) is 3.60. The molecule has 0 bridgehead atoms. The monoisotopic (exact) mass is 363 g/mol. The van der Waals surface area contributed by atoms with Gasteiger partial charge in [-0.2, -0.15) is 0 Å². The van der Waals surface area contributed by atoms with Gasteiger partial charge in [-0.05, 0) is 53.2 Å². The van der Waals surface area contributed by atoms with Crippen LogP contribution in [0.1, 0.15) is 28.9 Å². The maximum absolute atomic E-state index is 12.4. The third-order valence-electron chi connectivity index (χ3n) is 3.37. The van der Waals surface area contributed by atoms with Gasteiger partial charge in [0.25, 0.3) is 5.91 Å². The normalized spacial score (nSPS) is 11.6. The number of hydrogen-bond acceptors (Lipinski definition) is 3. The van der Waals surface area contributed by atoms with Crippen LogP contribution in [0.4, 0.5) is 0 Å². The van der Waals surface area contributed by atoms with Crippen molar-refractivity contribution in [2.45, 2.75) is 13.0 Å². The van der Waals surface area contributed by atoms with Crippen molar-refractivity contribution < 1.29 is 14.3 Å². The van der Waals surface area contributed by atoms with Crippen LogP contribution in [0.2, 0.25) is 0 Å². The number of amides is 1. The molecule has 2 rings (SSSR count). The molecular formula is C17H18BrNO3. The van der Waals surface area contributed by atoms with E-state index in [-0.39, 0.29) is 11.9 Å². The number of methoxy groups -OCH3 is 2. The molecule has 4 nitrogen and oxygen atoms in total. The van der Waals surface area contributed by atoms with Gasteiger partial charge in [0.2, 0.25) is 0 Å². The van der Waals surface area contributed by atoms with E-state index in [0.29, 0.717) is 11.3 Å². The van der Waals surface area contributed by atoms with Gasteiger partial charge in [0.1, 0.15) is 11.5 Å². The lowest BCUT2D eigenvalue weighted by atomic mass is 10.1. The Morgan fingerprint density at radius 3 is 2.50 bits per heavy atom. The van der Waals surface area contributed by atoms with Crippen molar-refractivity contribution in [1.29, 1.82) is 0 Å². The predicted molar refractivity (Wildman–Crippen MR) is 89.6 cm³/mol. The van der Waals surface area contributed by atoms with Crippen LogP contribution in [-0.4, -0.2) is 20.1 Å². The Balaban J connectivity index is 2.23. The number of benzene rings is 2. The van der Waals surface area contributed by atoms with E-state index in [1.807, 2.05) is 43.3 Å². The van der Waals surface area contributed by atoms with Crippen molar-refractivity contribution in [3.05, 3.63) is 58.1 Å². The van der Waals surface area contributed by atoms with Gasteiger partial charge in [-0.1, -0.05) is 12.1 Å². The first-order valence-electron chi connectivity index (χ1n) is 6.84. The summed E-state index contributed by atoms with van der Waals surface area (Å²) in [6.07, 6.45) is 0. The lowest BCUT2D eigenvalue weighted by Gasteiger charge is -2.18. The van der Waals surface area contributed by atoms with Crippen molar-refractivity contribution in [1.82, 2.24) is 5.32 Å². The van der Waals surface area contributed by atoms with E-state index in [1.165, 1.54) is 0 Å². The van der Waals surface area contributed by atoms with Gasteiger partial charge >= 0.3 is 0 Å². The van der Waals surface area contributed by atoms with Crippen LogP contribution in [0.5, 0.6) is 11.5 Å². The first-order valence-corrected chi connectivity index (χ1v) is 7.63. The standard InChI is InChI=1S/C17H18BrNO3/c1-11(14-10-12(21-2)8-9-16(14)22-3)19-17(20)13-6-4-5-7-15(13)18/h4-11H,1-3H3,(H,19,20).